The highest BCUT2D eigenvalue weighted by atomic mass is 35.5. The first-order chi connectivity index (χ1) is 21.7. The second-order valence-electron chi connectivity index (χ2n) is 12.1. The number of aromatic amines is 1. The monoisotopic (exact) mass is 659 g/mol. The zero-order valence-electron chi connectivity index (χ0n) is 23.8. The number of benzene rings is 3. The van der Waals surface area contributed by atoms with E-state index in [0.717, 1.165) is 33.0 Å². The Hall–Kier alpha value is -3.93. The van der Waals surface area contributed by atoms with Gasteiger partial charge in [-0.05, 0) is 72.6 Å². The summed E-state index contributed by atoms with van der Waals surface area (Å²) in [4.78, 5) is 56.4. The average Bonchev–Trinajstić information content (AvgIpc) is 3.76. The number of imide groups is 1. The molecule has 0 spiro atoms. The highest BCUT2D eigenvalue weighted by Crippen LogP contribution is 2.69. The van der Waals surface area contributed by atoms with Gasteiger partial charge in [-0.3, -0.25) is 29.4 Å². The van der Waals surface area contributed by atoms with E-state index in [1.807, 2.05) is 43.3 Å². The van der Waals surface area contributed by atoms with Gasteiger partial charge in [0, 0.05) is 38.8 Å². The lowest BCUT2D eigenvalue weighted by molar-refractivity contribution is -0.384. The van der Waals surface area contributed by atoms with Crippen LogP contribution in [0.3, 0.4) is 0 Å². The predicted octanol–water partition coefficient (Wildman–Crippen LogP) is 6.56. The quantitative estimate of drug-likeness (QED) is 0.141. The Balaban J connectivity index is 1.19. The van der Waals surface area contributed by atoms with Crippen molar-refractivity contribution in [3.63, 3.8) is 0 Å². The lowest BCUT2D eigenvalue weighted by Gasteiger charge is -2.43. The number of amides is 2. The summed E-state index contributed by atoms with van der Waals surface area (Å²) in [5.41, 5.74) is 3.30. The van der Waals surface area contributed by atoms with Gasteiger partial charge in [0.2, 0.25) is 11.8 Å². The number of nitrogens with zero attached hydrogens (tertiary/aromatic N) is 2. The molecule has 1 N–H and O–H groups in total. The SMILES string of the molecule is Cc1ccccc1COc1ccc(Cl)cc1C1c2sc(=O)[nH]c2SC2C1[C@H]1C[C@@H]2C2C(=O)N(c3ccc([N+](=O)[O-])cc3)C(=O)C21. The minimum atomic E-state index is -0.508. The molecule has 3 fully saturated rings. The zero-order valence-corrected chi connectivity index (χ0v) is 26.2. The molecule has 45 heavy (non-hydrogen) atoms. The van der Waals surface area contributed by atoms with Crippen molar-refractivity contribution in [1.29, 1.82) is 0 Å². The van der Waals surface area contributed by atoms with E-state index in [0.29, 0.717) is 23.1 Å². The first-order valence-electron chi connectivity index (χ1n) is 14.7. The summed E-state index contributed by atoms with van der Waals surface area (Å²) in [6, 6.07) is 19.2. The lowest BCUT2D eigenvalue weighted by atomic mass is 9.68. The molecule has 228 valence electrons. The molecular formula is C33H26ClN3O6S2. The second-order valence-corrected chi connectivity index (χ2v) is 14.8. The highest BCUT2D eigenvalue weighted by Gasteiger charge is 2.69. The maximum absolute atomic E-state index is 14.1. The fourth-order valence-electron chi connectivity index (χ4n) is 8.16. The number of hydrogen-bond acceptors (Lipinski definition) is 8. The molecule has 2 amide bonds. The van der Waals surface area contributed by atoms with Crippen molar-refractivity contribution >= 4 is 57.9 Å². The van der Waals surface area contributed by atoms with Crippen molar-refractivity contribution < 1.29 is 19.2 Å². The number of non-ortho nitro benzene ring substituents is 1. The number of halogens is 1. The maximum Gasteiger partial charge on any atom is 0.305 e. The Morgan fingerprint density at radius 3 is 2.49 bits per heavy atom. The Bertz CT molecular complexity index is 1960. The number of aromatic nitrogens is 1. The molecule has 2 aliphatic heterocycles. The molecule has 5 unspecified atom stereocenters. The third kappa shape index (κ3) is 4.39. The van der Waals surface area contributed by atoms with Gasteiger partial charge in [-0.15, -0.1) is 11.8 Å². The molecule has 4 aliphatic rings. The fraction of sp³-hybridized carbons (Fsp3) is 0.303. The summed E-state index contributed by atoms with van der Waals surface area (Å²) in [5, 5.41) is 12.5. The minimum Gasteiger partial charge on any atom is -0.489 e. The number of thioether (sulfide) groups is 1. The predicted molar refractivity (Wildman–Crippen MR) is 171 cm³/mol. The van der Waals surface area contributed by atoms with Gasteiger partial charge >= 0.3 is 4.87 Å². The number of aryl methyl sites for hydroxylation is 1. The smallest absolute Gasteiger partial charge is 0.305 e. The van der Waals surface area contributed by atoms with Crippen LogP contribution in [0.1, 0.15) is 33.9 Å². The van der Waals surface area contributed by atoms with Crippen LogP contribution in [-0.4, -0.2) is 27.0 Å². The molecule has 2 aliphatic carbocycles. The molecule has 0 radical (unpaired) electrons. The van der Waals surface area contributed by atoms with Gasteiger partial charge in [-0.1, -0.05) is 47.2 Å². The summed E-state index contributed by atoms with van der Waals surface area (Å²) < 4.78 is 6.46. The molecule has 2 bridgehead atoms. The van der Waals surface area contributed by atoms with Crippen LogP contribution in [0.4, 0.5) is 11.4 Å². The summed E-state index contributed by atoms with van der Waals surface area (Å²) in [6.07, 6.45) is 0.735. The third-order valence-corrected chi connectivity index (χ3v) is 12.8. The molecule has 1 saturated heterocycles. The van der Waals surface area contributed by atoms with Gasteiger partial charge in [0.05, 0.1) is 27.5 Å². The van der Waals surface area contributed by atoms with Crippen LogP contribution in [0.15, 0.2) is 76.6 Å². The molecule has 8 rings (SSSR count). The van der Waals surface area contributed by atoms with Crippen LogP contribution in [0, 0.1) is 46.6 Å². The molecule has 1 aromatic heterocycles. The van der Waals surface area contributed by atoms with Crippen molar-refractivity contribution in [3.8, 4) is 5.75 Å². The largest absolute Gasteiger partial charge is 0.489 e. The van der Waals surface area contributed by atoms with Gasteiger partial charge in [0.25, 0.3) is 5.69 Å². The van der Waals surface area contributed by atoms with Gasteiger partial charge in [0.15, 0.2) is 0 Å². The van der Waals surface area contributed by atoms with Gasteiger partial charge in [-0.25, -0.2) is 0 Å². The highest BCUT2D eigenvalue weighted by molar-refractivity contribution is 8.00. The van der Waals surface area contributed by atoms with Crippen LogP contribution >= 0.6 is 34.7 Å². The van der Waals surface area contributed by atoms with Crippen molar-refractivity contribution in [2.45, 2.75) is 36.1 Å². The molecule has 3 aromatic carbocycles. The van der Waals surface area contributed by atoms with Gasteiger partial charge in [0.1, 0.15) is 12.4 Å². The summed E-state index contributed by atoms with van der Waals surface area (Å²) >= 11 is 9.40. The Labute approximate surface area is 270 Å². The molecule has 7 atom stereocenters. The number of hydrogen-bond donors (Lipinski definition) is 1. The number of thiazole rings is 1. The van der Waals surface area contributed by atoms with Crippen molar-refractivity contribution in [3.05, 3.63) is 113 Å². The molecule has 9 nitrogen and oxygen atoms in total. The Kier molecular flexibility index (Phi) is 6.70. The number of fused-ring (bicyclic) bond motifs is 9. The normalized spacial score (nSPS) is 27.8. The van der Waals surface area contributed by atoms with E-state index in [1.165, 1.54) is 40.5 Å². The maximum atomic E-state index is 14.1. The number of anilines is 1. The molecule has 2 saturated carbocycles. The van der Waals surface area contributed by atoms with Crippen LogP contribution in [0.5, 0.6) is 5.75 Å². The van der Waals surface area contributed by atoms with Crippen LogP contribution < -0.4 is 14.5 Å². The van der Waals surface area contributed by atoms with Crippen molar-refractivity contribution in [1.82, 2.24) is 4.98 Å². The van der Waals surface area contributed by atoms with Gasteiger partial charge in [-0.2, -0.15) is 0 Å². The van der Waals surface area contributed by atoms with Crippen molar-refractivity contribution in [2.75, 3.05) is 4.90 Å². The number of ether oxygens (including phenoxy) is 1. The Morgan fingerprint density at radius 1 is 1.02 bits per heavy atom. The first kappa shape index (κ1) is 28.5. The number of nitro groups is 1. The number of nitrogens with one attached hydrogen (secondary N) is 1. The number of carbonyl (C=O) groups is 2. The standard InChI is InChI=1S/C33H26ClN3O6S2/c1-15-4-2-3-5-16(15)14-43-23-11-6-17(34)12-20(23)24-25-21-13-22(28(25)44-30-29(24)45-33(40)35-30)27-26(21)31(38)36(32(27)39)18-7-9-19(10-8-18)37(41)42/h2-12,21-22,24-28H,13-14H2,1H3,(H,35,40)/t21-,22-,24?,25?,26?,27?,28?/m1/s1. The minimum absolute atomic E-state index is 0.00393. The second kappa shape index (κ2) is 10.6. The zero-order chi connectivity index (χ0) is 31.1. The lowest BCUT2D eigenvalue weighted by Crippen LogP contribution is -2.42. The third-order valence-electron chi connectivity index (χ3n) is 9.99. The van der Waals surface area contributed by atoms with E-state index in [1.54, 1.807) is 17.8 Å². The van der Waals surface area contributed by atoms with E-state index in [2.05, 4.69) is 4.98 Å². The Morgan fingerprint density at radius 2 is 1.76 bits per heavy atom. The molecule has 12 heteroatoms. The summed E-state index contributed by atoms with van der Waals surface area (Å²) in [7, 11) is 0. The fourth-order valence-corrected chi connectivity index (χ4v) is 11.2. The van der Waals surface area contributed by atoms with E-state index < -0.39 is 16.8 Å². The van der Waals surface area contributed by atoms with Crippen LogP contribution in [0.2, 0.25) is 5.02 Å². The molecule has 4 aromatic rings. The van der Waals surface area contributed by atoms with E-state index >= 15 is 0 Å². The summed E-state index contributed by atoms with van der Waals surface area (Å²) in [6.45, 7) is 2.40. The van der Waals surface area contributed by atoms with E-state index in [-0.39, 0.29) is 51.3 Å². The average molecular weight is 660 g/mol. The number of nitro benzene ring substituents is 1. The van der Waals surface area contributed by atoms with Crippen molar-refractivity contribution in [2.24, 2.45) is 29.6 Å². The van der Waals surface area contributed by atoms with Crippen LogP contribution in [0.25, 0.3) is 0 Å². The van der Waals surface area contributed by atoms with Crippen LogP contribution in [-0.2, 0) is 16.2 Å². The van der Waals surface area contributed by atoms with Gasteiger partial charge < -0.3 is 9.72 Å². The van der Waals surface area contributed by atoms with E-state index in [4.69, 9.17) is 16.3 Å². The molecular weight excluding hydrogens is 634 g/mol. The molecule has 3 heterocycles. The topological polar surface area (TPSA) is 123 Å². The summed E-state index contributed by atoms with van der Waals surface area (Å²) in [5.74, 6) is -1.28. The first-order valence-corrected chi connectivity index (χ1v) is 16.8. The number of carbonyl (C=O) groups excluding carboxylic acids is 2. The van der Waals surface area contributed by atoms with E-state index in [9.17, 15) is 24.5 Å². The number of H-pyrrole nitrogens is 1. The number of rotatable bonds is 6.